The molecule has 0 radical (unpaired) electrons. The summed E-state index contributed by atoms with van der Waals surface area (Å²) in [4.78, 5) is 4.25. The highest BCUT2D eigenvalue weighted by atomic mass is 127. The molecule has 7 heteroatoms. The van der Waals surface area contributed by atoms with Crippen molar-refractivity contribution in [1.82, 2.24) is 10.6 Å². The molecular weight excluding hydrogens is 445 g/mol. The fraction of sp³-hybridized carbons (Fsp3) is 0.632. The lowest BCUT2D eigenvalue weighted by atomic mass is 9.89. The number of guanidine groups is 1. The molecule has 0 aliphatic rings. The molecule has 0 aromatic heterocycles. The summed E-state index contributed by atoms with van der Waals surface area (Å²) in [6.07, 6.45) is 0.0722. The van der Waals surface area contributed by atoms with Crippen LogP contribution in [0.25, 0.3) is 0 Å². The molecule has 0 aliphatic heterocycles. The van der Waals surface area contributed by atoms with E-state index in [0.717, 1.165) is 17.5 Å². The van der Waals surface area contributed by atoms with E-state index >= 15 is 0 Å². The van der Waals surface area contributed by atoms with Crippen LogP contribution in [0.2, 0.25) is 0 Å². The molecule has 2 N–H and O–H groups in total. The number of halogens is 1. The summed E-state index contributed by atoms with van der Waals surface area (Å²) >= 11 is 0. The average molecular weight is 479 g/mol. The van der Waals surface area contributed by atoms with Crippen LogP contribution in [0.5, 0.6) is 11.5 Å². The Morgan fingerprint density at radius 2 is 1.73 bits per heavy atom. The van der Waals surface area contributed by atoms with Crippen molar-refractivity contribution >= 4 is 29.9 Å². The van der Waals surface area contributed by atoms with E-state index in [4.69, 9.17) is 14.2 Å². The average Bonchev–Trinajstić information content (AvgIpc) is 2.57. The van der Waals surface area contributed by atoms with Gasteiger partial charge in [0.1, 0.15) is 17.6 Å². The van der Waals surface area contributed by atoms with Crippen LogP contribution in [0, 0.1) is 5.41 Å². The van der Waals surface area contributed by atoms with Crippen LogP contribution in [-0.2, 0) is 4.74 Å². The first-order valence-corrected chi connectivity index (χ1v) is 8.58. The summed E-state index contributed by atoms with van der Waals surface area (Å²) < 4.78 is 16.7. The lowest BCUT2D eigenvalue weighted by molar-refractivity contribution is 0.0205. The molecule has 2 unspecified atom stereocenters. The molecule has 0 amide bonds. The Kier molecular flexibility index (Phi) is 11.6. The molecule has 0 saturated carbocycles. The molecule has 0 fully saturated rings. The van der Waals surface area contributed by atoms with Crippen molar-refractivity contribution in [3.63, 3.8) is 0 Å². The number of hydrogen-bond donors (Lipinski definition) is 2. The van der Waals surface area contributed by atoms with Gasteiger partial charge in [0.2, 0.25) is 0 Å². The number of nitrogens with one attached hydrogen (secondary N) is 2. The minimum absolute atomic E-state index is 0. The van der Waals surface area contributed by atoms with Gasteiger partial charge in [-0.2, -0.15) is 0 Å². The van der Waals surface area contributed by atoms with Gasteiger partial charge < -0.3 is 24.8 Å². The van der Waals surface area contributed by atoms with Gasteiger partial charge in [0.25, 0.3) is 0 Å². The Morgan fingerprint density at radius 1 is 1.12 bits per heavy atom. The smallest absolute Gasteiger partial charge is 0.191 e. The number of hydrogen-bond acceptors (Lipinski definition) is 4. The lowest BCUT2D eigenvalue weighted by Crippen LogP contribution is -2.47. The zero-order valence-electron chi connectivity index (χ0n) is 17.0. The molecule has 1 aromatic carbocycles. The third-order valence-electron chi connectivity index (χ3n) is 3.86. The Labute approximate surface area is 175 Å². The predicted molar refractivity (Wildman–Crippen MR) is 118 cm³/mol. The predicted octanol–water partition coefficient (Wildman–Crippen LogP) is 3.31. The molecule has 1 rings (SSSR count). The first-order valence-electron chi connectivity index (χ1n) is 8.58. The molecule has 0 aliphatic carbocycles. The van der Waals surface area contributed by atoms with Crippen molar-refractivity contribution in [3.8, 4) is 11.5 Å². The van der Waals surface area contributed by atoms with E-state index in [1.165, 1.54) is 0 Å². The maximum absolute atomic E-state index is 5.90. The van der Waals surface area contributed by atoms with E-state index in [1.54, 1.807) is 21.3 Å². The summed E-state index contributed by atoms with van der Waals surface area (Å²) in [6, 6.07) is 7.59. The molecule has 0 bridgehead atoms. The first-order chi connectivity index (χ1) is 11.8. The number of methoxy groups -OCH3 is 2. The molecular formula is C19H34IN3O3. The molecule has 1 aromatic rings. The Bertz CT molecular complexity index is 547. The lowest BCUT2D eigenvalue weighted by Gasteiger charge is -2.30. The summed E-state index contributed by atoms with van der Waals surface area (Å²) in [5.74, 6) is 2.29. The van der Waals surface area contributed by atoms with Gasteiger partial charge in [0, 0.05) is 26.8 Å². The van der Waals surface area contributed by atoms with Crippen molar-refractivity contribution < 1.29 is 14.2 Å². The molecule has 2 atom stereocenters. The van der Waals surface area contributed by atoms with E-state index in [2.05, 4.69) is 36.4 Å². The number of aliphatic imine (C=N–C) groups is 1. The number of ether oxygens (including phenoxy) is 3. The second-order valence-corrected chi connectivity index (χ2v) is 7.03. The van der Waals surface area contributed by atoms with Gasteiger partial charge in [0.05, 0.1) is 19.8 Å². The number of benzene rings is 1. The van der Waals surface area contributed by atoms with E-state index in [9.17, 15) is 0 Å². The molecule has 26 heavy (non-hydrogen) atoms. The number of rotatable bonds is 8. The Morgan fingerprint density at radius 3 is 2.27 bits per heavy atom. The molecule has 0 saturated heterocycles. The van der Waals surface area contributed by atoms with Crippen LogP contribution in [-0.4, -0.2) is 52.5 Å². The summed E-state index contributed by atoms with van der Waals surface area (Å²) in [7, 11) is 5.13. The van der Waals surface area contributed by atoms with Crippen molar-refractivity contribution in [2.75, 3.05) is 34.4 Å². The second-order valence-electron chi connectivity index (χ2n) is 7.03. The largest absolute Gasteiger partial charge is 0.497 e. The topological polar surface area (TPSA) is 64.1 Å². The Balaban J connectivity index is 0.00000625. The summed E-state index contributed by atoms with van der Waals surface area (Å²) in [6.45, 7) is 9.79. The monoisotopic (exact) mass is 479 g/mol. The maximum atomic E-state index is 5.90. The van der Waals surface area contributed by atoms with Crippen LogP contribution in [0.3, 0.4) is 0 Å². The molecule has 150 valence electrons. The minimum Gasteiger partial charge on any atom is -0.497 e. The highest BCUT2D eigenvalue weighted by Crippen LogP contribution is 2.21. The first kappa shape index (κ1) is 24.8. The number of nitrogens with zero attached hydrogens (tertiary/aromatic N) is 1. The zero-order valence-corrected chi connectivity index (χ0v) is 19.3. The van der Waals surface area contributed by atoms with E-state index in [0.29, 0.717) is 13.1 Å². The summed E-state index contributed by atoms with van der Waals surface area (Å²) in [5.41, 5.74) is 0.0589. The van der Waals surface area contributed by atoms with Gasteiger partial charge >= 0.3 is 0 Å². The van der Waals surface area contributed by atoms with Crippen LogP contribution in [0.15, 0.2) is 29.3 Å². The fourth-order valence-corrected chi connectivity index (χ4v) is 2.34. The summed E-state index contributed by atoms with van der Waals surface area (Å²) in [5, 5.41) is 6.58. The van der Waals surface area contributed by atoms with E-state index in [-0.39, 0.29) is 41.6 Å². The maximum Gasteiger partial charge on any atom is 0.191 e. The normalized spacial score (nSPS) is 14.0. The standard InChI is InChI=1S/C19H33N3O3.HI/c1-14(25-16-10-8-9-15(11-16)23-6)12-21-18(20-5)22-13-17(24-7)19(2,3)4;/h8-11,14,17H,12-13H2,1-7H3,(H2,20,21,22);1H. The minimum atomic E-state index is -0.0218. The Hall–Kier alpha value is -1.22. The van der Waals surface area contributed by atoms with Crippen molar-refractivity contribution in [1.29, 1.82) is 0 Å². The quantitative estimate of drug-likeness (QED) is 0.341. The third-order valence-corrected chi connectivity index (χ3v) is 3.86. The van der Waals surface area contributed by atoms with Crippen LogP contribution in [0.1, 0.15) is 27.7 Å². The third kappa shape index (κ3) is 8.93. The fourth-order valence-electron chi connectivity index (χ4n) is 2.34. The van der Waals surface area contributed by atoms with Gasteiger partial charge in [-0.25, -0.2) is 0 Å². The van der Waals surface area contributed by atoms with E-state index < -0.39 is 0 Å². The zero-order chi connectivity index (χ0) is 18.9. The van der Waals surface area contributed by atoms with Gasteiger partial charge in [-0.1, -0.05) is 26.8 Å². The van der Waals surface area contributed by atoms with Crippen LogP contribution < -0.4 is 20.1 Å². The molecule has 6 nitrogen and oxygen atoms in total. The van der Waals surface area contributed by atoms with Gasteiger partial charge in [-0.15, -0.1) is 24.0 Å². The van der Waals surface area contributed by atoms with Gasteiger partial charge in [-0.3, -0.25) is 4.99 Å². The van der Waals surface area contributed by atoms with Gasteiger partial charge in [0.15, 0.2) is 5.96 Å². The SMILES string of the molecule is CN=C(NCC(C)Oc1cccc(OC)c1)NCC(OC)C(C)(C)C.I. The van der Waals surface area contributed by atoms with Crippen molar-refractivity contribution in [3.05, 3.63) is 24.3 Å². The molecule has 0 heterocycles. The van der Waals surface area contributed by atoms with Crippen molar-refractivity contribution in [2.24, 2.45) is 10.4 Å². The second kappa shape index (κ2) is 12.2. The van der Waals surface area contributed by atoms with E-state index in [1.807, 2.05) is 31.2 Å². The van der Waals surface area contributed by atoms with Gasteiger partial charge in [-0.05, 0) is 24.5 Å². The highest BCUT2D eigenvalue weighted by Gasteiger charge is 2.24. The van der Waals surface area contributed by atoms with Crippen LogP contribution >= 0.6 is 24.0 Å². The van der Waals surface area contributed by atoms with Crippen LogP contribution in [0.4, 0.5) is 0 Å². The van der Waals surface area contributed by atoms with Crippen molar-refractivity contribution in [2.45, 2.75) is 39.9 Å². The highest BCUT2D eigenvalue weighted by molar-refractivity contribution is 14.0. The molecule has 0 spiro atoms.